The average molecular weight is 151 g/mol. The van der Waals surface area contributed by atoms with E-state index in [9.17, 15) is 5.11 Å². The van der Waals surface area contributed by atoms with Crippen LogP contribution in [0.5, 0.6) is 5.75 Å². The molecule has 2 heteroatoms. The third-order valence-electron chi connectivity index (χ3n) is 1.56. The molecule has 0 atom stereocenters. The Morgan fingerprint density at radius 2 is 1.91 bits per heavy atom. The van der Waals surface area contributed by atoms with E-state index in [1.165, 1.54) is 5.56 Å². The average Bonchev–Trinajstić information content (AvgIpc) is 2.07. The summed E-state index contributed by atoms with van der Waals surface area (Å²) >= 11 is 0. The maximum atomic E-state index is 10.0. The molecule has 0 bridgehead atoms. The number of ether oxygens (including phenoxy) is 1. The van der Waals surface area contributed by atoms with Gasteiger partial charge in [-0.1, -0.05) is 19.1 Å². The first-order chi connectivity index (χ1) is 5.36. The van der Waals surface area contributed by atoms with Gasteiger partial charge in [0.1, 0.15) is 5.75 Å². The summed E-state index contributed by atoms with van der Waals surface area (Å²) in [7, 11) is 0. The molecule has 0 aliphatic rings. The minimum Gasteiger partial charge on any atom is -0.465 e. The van der Waals surface area contributed by atoms with Gasteiger partial charge in [0.2, 0.25) is 6.79 Å². The lowest BCUT2D eigenvalue weighted by molar-refractivity contribution is 0.0376. The molecule has 1 aromatic rings. The topological polar surface area (TPSA) is 29.1 Å². The minimum atomic E-state index is -0.508. The third-order valence-corrected chi connectivity index (χ3v) is 1.56. The smallest absolute Gasteiger partial charge is 0.221 e. The quantitative estimate of drug-likeness (QED) is 0.607. The highest BCUT2D eigenvalue weighted by Crippen LogP contribution is 2.11. The van der Waals surface area contributed by atoms with Gasteiger partial charge in [-0.15, -0.1) is 0 Å². The summed E-state index contributed by atoms with van der Waals surface area (Å²) in [6.07, 6.45) is 1.01. The van der Waals surface area contributed by atoms with Gasteiger partial charge in [-0.2, -0.15) is 5.11 Å². The normalized spacial score (nSPS) is 9.64. The molecule has 0 unspecified atom stereocenters. The maximum Gasteiger partial charge on any atom is 0.221 e. The minimum absolute atomic E-state index is 0.508. The summed E-state index contributed by atoms with van der Waals surface area (Å²) in [5.41, 5.74) is 1.25. The van der Waals surface area contributed by atoms with Crippen LogP contribution in [0.3, 0.4) is 0 Å². The molecule has 0 saturated carbocycles. The first-order valence-corrected chi connectivity index (χ1v) is 3.66. The van der Waals surface area contributed by atoms with Crippen LogP contribution in [-0.4, -0.2) is 6.79 Å². The van der Waals surface area contributed by atoms with Crippen molar-refractivity contribution in [1.29, 1.82) is 0 Å². The van der Waals surface area contributed by atoms with Gasteiger partial charge in [-0.25, -0.2) is 0 Å². The zero-order valence-electron chi connectivity index (χ0n) is 6.54. The molecule has 1 aromatic carbocycles. The lowest BCUT2D eigenvalue weighted by Gasteiger charge is -2.00. The van der Waals surface area contributed by atoms with Gasteiger partial charge >= 0.3 is 0 Å². The van der Waals surface area contributed by atoms with E-state index in [1.807, 2.05) is 24.3 Å². The van der Waals surface area contributed by atoms with Gasteiger partial charge in [0.25, 0.3) is 0 Å². The molecule has 0 heterocycles. The van der Waals surface area contributed by atoms with E-state index < -0.39 is 6.79 Å². The zero-order chi connectivity index (χ0) is 8.10. The van der Waals surface area contributed by atoms with E-state index in [2.05, 4.69) is 6.92 Å². The van der Waals surface area contributed by atoms with Crippen molar-refractivity contribution >= 4 is 0 Å². The first kappa shape index (κ1) is 8.08. The second-order valence-electron chi connectivity index (χ2n) is 2.26. The Kier molecular flexibility index (Phi) is 2.93. The fourth-order valence-electron chi connectivity index (χ4n) is 0.889. The molecule has 0 saturated heterocycles. The zero-order valence-corrected chi connectivity index (χ0v) is 6.54. The van der Waals surface area contributed by atoms with Crippen molar-refractivity contribution in [2.75, 3.05) is 6.79 Å². The lowest BCUT2D eigenvalue weighted by Crippen LogP contribution is -1.92. The van der Waals surface area contributed by atoms with Crippen LogP contribution in [0.4, 0.5) is 0 Å². The Labute approximate surface area is 66.4 Å². The van der Waals surface area contributed by atoms with E-state index in [0.29, 0.717) is 5.75 Å². The second kappa shape index (κ2) is 3.98. The van der Waals surface area contributed by atoms with Gasteiger partial charge in [-0.05, 0) is 24.1 Å². The van der Waals surface area contributed by atoms with Crippen molar-refractivity contribution in [1.82, 2.24) is 0 Å². The number of benzene rings is 1. The summed E-state index contributed by atoms with van der Waals surface area (Å²) in [6.45, 7) is 1.58. The van der Waals surface area contributed by atoms with Crippen LogP contribution >= 0.6 is 0 Å². The number of hydrogen-bond donors (Lipinski definition) is 0. The van der Waals surface area contributed by atoms with Crippen LogP contribution in [0.2, 0.25) is 0 Å². The highest BCUT2D eigenvalue weighted by Gasteiger charge is 1.91. The molecule has 0 N–H and O–H groups in total. The molecule has 1 radical (unpaired) electrons. The lowest BCUT2D eigenvalue weighted by atomic mass is 10.2. The van der Waals surface area contributed by atoms with Gasteiger partial charge in [0.05, 0.1) is 0 Å². The molecular weight excluding hydrogens is 140 g/mol. The van der Waals surface area contributed by atoms with Crippen LogP contribution in [0.25, 0.3) is 0 Å². The van der Waals surface area contributed by atoms with Crippen molar-refractivity contribution in [3.63, 3.8) is 0 Å². The predicted molar refractivity (Wildman–Crippen MR) is 42.0 cm³/mol. The van der Waals surface area contributed by atoms with Crippen molar-refractivity contribution in [2.45, 2.75) is 13.3 Å². The molecule has 1 rings (SSSR count). The summed E-state index contributed by atoms with van der Waals surface area (Å²) in [4.78, 5) is 0. The molecule has 0 aromatic heterocycles. The Balaban J connectivity index is 2.66. The largest absolute Gasteiger partial charge is 0.465 e. The second-order valence-corrected chi connectivity index (χ2v) is 2.26. The summed E-state index contributed by atoms with van der Waals surface area (Å²) in [5, 5.41) is 10.0. The van der Waals surface area contributed by atoms with E-state index in [-0.39, 0.29) is 0 Å². The van der Waals surface area contributed by atoms with E-state index in [0.717, 1.165) is 6.42 Å². The third kappa shape index (κ3) is 2.24. The molecule has 2 nitrogen and oxygen atoms in total. The predicted octanol–water partition coefficient (Wildman–Crippen LogP) is 2.02. The highest BCUT2D eigenvalue weighted by atomic mass is 16.6. The summed E-state index contributed by atoms with van der Waals surface area (Å²) in [6, 6.07) is 7.56. The fourth-order valence-corrected chi connectivity index (χ4v) is 0.889. The molecule has 0 amide bonds. The van der Waals surface area contributed by atoms with E-state index in [1.54, 1.807) is 0 Å². The van der Waals surface area contributed by atoms with Gasteiger partial charge < -0.3 is 4.74 Å². The van der Waals surface area contributed by atoms with Crippen LogP contribution < -0.4 is 4.74 Å². The number of rotatable bonds is 3. The fraction of sp³-hybridized carbons (Fsp3) is 0.333. The number of aryl methyl sites for hydroxylation is 1. The van der Waals surface area contributed by atoms with E-state index >= 15 is 0 Å². The molecule has 0 aliphatic carbocycles. The summed E-state index contributed by atoms with van der Waals surface area (Å²) < 4.78 is 4.75. The van der Waals surface area contributed by atoms with E-state index in [4.69, 9.17) is 4.74 Å². The maximum absolute atomic E-state index is 10.0. The van der Waals surface area contributed by atoms with Gasteiger partial charge in [0.15, 0.2) is 0 Å². The van der Waals surface area contributed by atoms with Crippen LogP contribution in [0.1, 0.15) is 12.5 Å². The Morgan fingerprint density at radius 1 is 1.27 bits per heavy atom. The van der Waals surface area contributed by atoms with Crippen molar-refractivity contribution in [2.24, 2.45) is 0 Å². The highest BCUT2D eigenvalue weighted by molar-refractivity contribution is 5.26. The monoisotopic (exact) mass is 151 g/mol. The first-order valence-electron chi connectivity index (χ1n) is 3.66. The number of hydrogen-bond acceptors (Lipinski definition) is 1. The van der Waals surface area contributed by atoms with Crippen LogP contribution in [0.15, 0.2) is 24.3 Å². The molecule has 11 heavy (non-hydrogen) atoms. The van der Waals surface area contributed by atoms with Crippen LogP contribution in [-0.2, 0) is 11.5 Å². The molecule has 0 fully saturated rings. The SMILES string of the molecule is CCc1ccc(OC[O])cc1. The molecule has 0 aliphatic heterocycles. The molecule has 59 valence electrons. The van der Waals surface area contributed by atoms with Crippen molar-refractivity contribution < 1.29 is 9.84 Å². The molecule has 0 spiro atoms. The van der Waals surface area contributed by atoms with Crippen molar-refractivity contribution in [3.05, 3.63) is 29.8 Å². The van der Waals surface area contributed by atoms with Gasteiger partial charge in [0, 0.05) is 0 Å². The summed E-state index contributed by atoms with van der Waals surface area (Å²) in [5.74, 6) is 0.650. The Hall–Kier alpha value is -1.02. The van der Waals surface area contributed by atoms with Crippen molar-refractivity contribution in [3.8, 4) is 5.75 Å². The van der Waals surface area contributed by atoms with Crippen LogP contribution in [0, 0.1) is 0 Å². The Morgan fingerprint density at radius 3 is 2.36 bits per heavy atom. The molecular formula is C9H11O2. The van der Waals surface area contributed by atoms with Gasteiger partial charge in [-0.3, -0.25) is 0 Å². The standard InChI is InChI=1S/C9H11O2/c1-2-8-3-5-9(6-4-8)11-7-10/h3-6H,2,7H2,1H3. The Bertz CT molecular complexity index is 203.